The molecule has 2 N–H and O–H groups in total. The van der Waals surface area contributed by atoms with Gasteiger partial charge in [-0.3, -0.25) is 14.6 Å². The first-order valence-electron chi connectivity index (χ1n) is 11.4. The maximum Gasteiger partial charge on any atom is 0.418 e. The van der Waals surface area contributed by atoms with E-state index in [2.05, 4.69) is 46.5 Å². The molecule has 13 heteroatoms. The first-order chi connectivity index (χ1) is 18.1. The summed E-state index contributed by atoms with van der Waals surface area (Å²) < 4.78 is 46.0. The third-order valence-corrected chi connectivity index (χ3v) is 6.38. The van der Waals surface area contributed by atoms with Gasteiger partial charge in [-0.25, -0.2) is 15.0 Å². The summed E-state index contributed by atoms with van der Waals surface area (Å²) in [5.74, 6) is -0.973. The van der Waals surface area contributed by atoms with Crippen LogP contribution in [0.25, 0.3) is 0 Å². The third kappa shape index (κ3) is 6.40. The van der Waals surface area contributed by atoms with Gasteiger partial charge in [0.1, 0.15) is 11.7 Å². The Balaban J connectivity index is 1.44. The molecule has 2 unspecified atom stereocenters. The van der Waals surface area contributed by atoms with Crippen LogP contribution in [0.5, 0.6) is 0 Å². The number of halogens is 4. The van der Waals surface area contributed by atoms with Crippen LogP contribution in [0.4, 0.5) is 24.5 Å². The van der Waals surface area contributed by atoms with Gasteiger partial charge >= 0.3 is 6.18 Å². The summed E-state index contributed by atoms with van der Waals surface area (Å²) in [5, 5.41) is 5.60. The number of carbonyl (C=O) groups excluding carboxylic acids is 2. The molecule has 1 fully saturated rings. The number of alkyl halides is 3. The van der Waals surface area contributed by atoms with E-state index >= 15 is 0 Å². The van der Waals surface area contributed by atoms with E-state index in [0.29, 0.717) is 28.9 Å². The quantitative estimate of drug-likeness (QED) is 0.376. The molecule has 1 aliphatic rings. The maximum atomic E-state index is 13.4. The van der Waals surface area contributed by atoms with E-state index in [1.165, 1.54) is 43.3 Å². The fraction of sp³-hybridized carbons (Fsp3) is 0.280. The number of pyridine rings is 1. The summed E-state index contributed by atoms with van der Waals surface area (Å²) in [6.45, 7) is 2.10. The molecule has 0 radical (unpaired) electrons. The lowest BCUT2D eigenvalue weighted by Crippen LogP contribution is -2.44. The van der Waals surface area contributed by atoms with Crippen molar-refractivity contribution in [3.05, 3.63) is 76.5 Å². The van der Waals surface area contributed by atoms with Gasteiger partial charge in [0.25, 0.3) is 5.91 Å². The summed E-state index contributed by atoms with van der Waals surface area (Å²) in [6, 6.07) is 6.45. The Morgan fingerprint density at radius 2 is 1.95 bits per heavy atom. The molecule has 2 aromatic heterocycles. The molecule has 2 atom stereocenters. The Morgan fingerprint density at radius 3 is 2.58 bits per heavy atom. The van der Waals surface area contributed by atoms with E-state index in [9.17, 15) is 22.8 Å². The summed E-state index contributed by atoms with van der Waals surface area (Å²) in [5.41, 5.74) is -1.06. The Kier molecular flexibility index (Phi) is 8.17. The number of amides is 2. The van der Waals surface area contributed by atoms with Crippen molar-refractivity contribution in [3.8, 4) is 0 Å². The molecule has 1 aliphatic heterocycles. The van der Waals surface area contributed by atoms with Gasteiger partial charge in [-0.05, 0) is 43.7 Å². The zero-order valence-electron chi connectivity index (χ0n) is 20.0. The molecular formula is C25H22BrF3N6O3. The normalized spacial score (nSPS) is 18.3. The molecule has 9 nitrogen and oxygen atoms in total. The minimum absolute atomic E-state index is 0.0542. The second kappa shape index (κ2) is 11.4. The van der Waals surface area contributed by atoms with Crippen LogP contribution in [-0.4, -0.2) is 46.2 Å². The van der Waals surface area contributed by atoms with Crippen molar-refractivity contribution < 1.29 is 27.5 Å². The number of aliphatic imine (C=N–C) groups is 1. The monoisotopic (exact) mass is 590 g/mol. The molecule has 2 amide bonds. The van der Waals surface area contributed by atoms with Crippen LogP contribution >= 0.6 is 15.9 Å². The van der Waals surface area contributed by atoms with E-state index in [-0.39, 0.29) is 17.9 Å². The van der Waals surface area contributed by atoms with Crippen LogP contribution in [0.1, 0.15) is 41.0 Å². The number of aromatic nitrogens is 3. The lowest BCUT2D eigenvalue weighted by atomic mass is 9.87. The number of benzene rings is 1. The number of nitrogens with one attached hydrogen (secondary N) is 2. The van der Waals surface area contributed by atoms with Crippen LogP contribution in [0, 0.1) is 5.41 Å². The Bertz CT molecular complexity index is 1330. The van der Waals surface area contributed by atoms with E-state index in [0.717, 1.165) is 6.07 Å². The zero-order chi connectivity index (χ0) is 27.3. The predicted molar refractivity (Wildman–Crippen MR) is 136 cm³/mol. The average molecular weight is 591 g/mol. The van der Waals surface area contributed by atoms with Crippen molar-refractivity contribution in [2.24, 2.45) is 10.4 Å². The van der Waals surface area contributed by atoms with Crippen LogP contribution in [0.2, 0.25) is 0 Å². The van der Waals surface area contributed by atoms with Crippen molar-refractivity contribution in [2.45, 2.75) is 25.6 Å². The second-order valence-electron chi connectivity index (χ2n) is 8.63. The van der Waals surface area contributed by atoms with Gasteiger partial charge in [-0.1, -0.05) is 15.9 Å². The molecule has 4 rings (SSSR count). The van der Waals surface area contributed by atoms with Crippen LogP contribution in [0.15, 0.2) is 64.7 Å². The van der Waals surface area contributed by atoms with Gasteiger partial charge in [0.15, 0.2) is 0 Å². The maximum absolute atomic E-state index is 13.4. The Labute approximate surface area is 224 Å². The molecule has 0 bridgehead atoms. The smallest absolute Gasteiger partial charge is 0.380 e. The SMILES string of the molecule is CC(NC(=O)C1(C=NC(=O)c2cncnc2)CCOC1)c1ccc(Nc2ccc(Br)cc2C(F)(F)F)cn1. The number of ether oxygens (including phenoxy) is 1. The first-order valence-corrected chi connectivity index (χ1v) is 12.2. The third-order valence-electron chi connectivity index (χ3n) is 5.88. The minimum Gasteiger partial charge on any atom is -0.380 e. The lowest BCUT2D eigenvalue weighted by molar-refractivity contribution is -0.137. The van der Waals surface area contributed by atoms with Gasteiger partial charge in [0, 0.05) is 29.7 Å². The van der Waals surface area contributed by atoms with Crippen LogP contribution in [-0.2, 0) is 15.7 Å². The number of hydrogen-bond donors (Lipinski definition) is 2. The van der Waals surface area contributed by atoms with E-state index in [1.54, 1.807) is 19.1 Å². The van der Waals surface area contributed by atoms with Crippen LogP contribution in [0.3, 0.4) is 0 Å². The van der Waals surface area contributed by atoms with E-state index < -0.39 is 35.0 Å². The summed E-state index contributed by atoms with van der Waals surface area (Å²) >= 11 is 3.06. The summed E-state index contributed by atoms with van der Waals surface area (Å²) in [4.78, 5) is 41.3. The average Bonchev–Trinajstić information content (AvgIpc) is 3.39. The highest BCUT2D eigenvalue weighted by Crippen LogP contribution is 2.37. The molecular weight excluding hydrogens is 569 g/mol. The van der Waals surface area contributed by atoms with Crippen molar-refractivity contribution in [3.63, 3.8) is 0 Å². The lowest BCUT2D eigenvalue weighted by Gasteiger charge is -2.24. The number of nitrogens with zero attached hydrogens (tertiary/aromatic N) is 4. The Hall–Kier alpha value is -3.71. The van der Waals surface area contributed by atoms with Gasteiger partial charge < -0.3 is 15.4 Å². The van der Waals surface area contributed by atoms with Crippen molar-refractivity contribution >= 4 is 45.3 Å². The van der Waals surface area contributed by atoms with Gasteiger partial charge in [-0.2, -0.15) is 13.2 Å². The van der Waals surface area contributed by atoms with Gasteiger partial charge in [0.05, 0.1) is 47.0 Å². The number of rotatable bonds is 7. The molecule has 38 heavy (non-hydrogen) atoms. The molecule has 3 heterocycles. The fourth-order valence-electron chi connectivity index (χ4n) is 3.75. The number of carbonyl (C=O) groups is 2. The largest absolute Gasteiger partial charge is 0.418 e. The van der Waals surface area contributed by atoms with Crippen molar-refractivity contribution in [1.29, 1.82) is 0 Å². The van der Waals surface area contributed by atoms with Gasteiger partial charge in [0.2, 0.25) is 5.91 Å². The van der Waals surface area contributed by atoms with E-state index in [4.69, 9.17) is 4.74 Å². The Morgan fingerprint density at radius 1 is 1.18 bits per heavy atom. The second-order valence-corrected chi connectivity index (χ2v) is 9.54. The molecule has 3 aromatic rings. The van der Waals surface area contributed by atoms with Gasteiger partial charge in [-0.15, -0.1) is 0 Å². The first kappa shape index (κ1) is 27.3. The standard InChI is InChI=1S/C25H22BrF3N6O3/c1-15(20-5-3-18(11-32-20)35-21-4-2-17(26)8-19(21)25(27,28)29)34-23(37)24(6-7-38-13-24)12-33-22(36)16-9-30-14-31-10-16/h2-5,8-12,14-15,35H,6-7,13H2,1H3,(H,34,37). The van der Waals surface area contributed by atoms with Crippen LogP contribution < -0.4 is 10.6 Å². The molecule has 0 spiro atoms. The van der Waals surface area contributed by atoms with E-state index in [1.807, 2.05) is 0 Å². The topological polar surface area (TPSA) is 118 Å². The molecule has 0 saturated carbocycles. The molecule has 198 valence electrons. The van der Waals surface area contributed by atoms with Crippen molar-refractivity contribution in [1.82, 2.24) is 20.3 Å². The minimum atomic E-state index is -4.54. The fourth-order valence-corrected chi connectivity index (χ4v) is 4.11. The highest BCUT2D eigenvalue weighted by Gasteiger charge is 2.42. The molecule has 0 aliphatic carbocycles. The predicted octanol–water partition coefficient (Wildman–Crippen LogP) is 4.89. The number of anilines is 2. The highest BCUT2D eigenvalue weighted by atomic mass is 79.9. The summed E-state index contributed by atoms with van der Waals surface area (Å²) in [6.07, 6.45) is 2.43. The van der Waals surface area contributed by atoms with Crippen molar-refractivity contribution in [2.75, 3.05) is 18.5 Å². The zero-order valence-corrected chi connectivity index (χ0v) is 21.6. The molecule has 1 saturated heterocycles. The molecule has 1 aromatic carbocycles. The number of hydrogen-bond acceptors (Lipinski definition) is 7. The highest BCUT2D eigenvalue weighted by molar-refractivity contribution is 9.10. The summed E-state index contributed by atoms with van der Waals surface area (Å²) in [7, 11) is 0.